The molecule has 33 heavy (non-hydrogen) atoms. The Bertz CT molecular complexity index is 1310. The number of fused-ring (bicyclic) bond motifs is 1. The zero-order valence-corrected chi connectivity index (χ0v) is 18.8. The van der Waals surface area contributed by atoms with Crippen LogP contribution in [0.3, 0.4) is 0 Å². The standard InChI is InChI=1S/C25H24ClN5O2/c26-19-6-7-21-22(17-19)31(25(33)28-21)23(16-18-4-2-1-3-5-18)24(32)30-14-12-29(13-15-30)20-8-10-27-11-9-20/h1-11,17,23H,12-16H2,(H,28,33). The maximum atomic E-state index is 13.8. The van der Waals surface area contributed by atoms with Crippen LogP contribution in [0.1, 0.15) is 11.6 Å². The van der Waals surface area contributed by atoms with Gasteiger partial charge in [0.15, 0.2) is 0 Å². The lowest BCUT2D eigenvalue weighted by Gasteiger charge is -2.37. The van der Waals surface area contributed by atoms with Gasteiger partial charge in [0, 0.05) is 55.7 Å². The highest BCUT2D eigenvalue weighted by molar-refractivity contribution is 6.31. The van der Waals surface area contributed by atoms with Crippen LogP contribution in [-0.2, 0) is 11.2 Å². The van der Waals surface area contributed by atoms with E-state index in [1.165, 1.54) is 0 Å². The van der Waals surface area contributed by atoms with E-state index in [2.05, 4.69) is 14.9 Å². The molecule has 0 aliphatic carbocycles. The first-order valence-electron chi connectivity index (χ1n) is 11.0. The quantitative estimate of drug-likeness (QED) is 0.493. The number of nitrogens with one attached hydrogen (secondary N) is 1. The highest BCUT2D eigenvalue weighted by atomic mass is 35.5. The van der Waals surface area contributed by atoms with Gasteiger partial charge in [0.1, 0.15) is 6.04 Å². The number of carbonyl (C=O) groups is 1. The van der Waals surface area contributed by atoms with Crippen LogP contribution in [0.2, 0.25) is 5.02 Å². The van der Waals surface area contributed by atoms with Crippen molar-refractivity contribution >= 4 is 34.2 Å². The number of anilines is 1. The Hall–Kier alpha value is -3.58. The summed E-state index contributed by atoms with van der Waals surface area (Å²) in [6.45, 7) is 2.62. The second-order valence-electron chi connectivity index (χ2n) is 8.18. The summed E-state index contributed by atoms with van der Waals surface area (Å²) in [6.07, 6.45) is 3.97. The molecule has 2 aromatic heterocycles. The number of aromatic amines is 1. The van der Waals surface area contributed by atoms with Gasteiger partial charge in [-0.2, -0.15) is 0 Å². The Balaban J connectivity index is 1.46. The molecule has 5 rings (SSSR count). The van der Waals surface area contributed by atoms with Crippen molar-refractivity contribution in [1.82, 2.24) is 19.4 Å². The van der Waals surface area contributed by atoms with Crippen molar-refractivity contribution in [2.24, 2.45) is 0 Å². The number of amides is 1. The molecule has 4 aromatic rings. The van der Waals surface area contributed by atoms with Crippen LogP contribution in [0, 0.1) is 0 Å². The molecule has 0 bridgehead atoms. The molecule has 1 aliphatic rings. The Kier molecular flexibility index (Phi) is 5.88. The molecule has 0 spiro atoms. The van der Waals surface area contributed by atoms with Crippen molar-refractivity contribution in [2.75, 3.05) is 31.1 Å². The third kappa shape index (κ3) is 4.36. The normalized spacial score (nSPS) is 15.1. The van der Waals surface area contributed by atoms with Crippen molar-refractivity contribution in [3.8, 4) is 0 Å². The number of hydrogen-bond acceptors (Lipinski definition) is 4. The van der Waals surface area contributed by atoms with Gasteiger partial charge in [-0.3, -0.25) is 14.3 Å². The summed E-state index contributed by atoms with van der Waals surface area (Å²) in [6, 6.07) is 18.3. The lowest BCUT2D eigenvalue weighted by Crippen LogP contribution is -2.51. The molecule has 1 unspecified atom stereocenters. The predicted molar refractivity (Wildman–Crippen MR) is 130 cm³/mol. The molecular weight excluding hydrogens is 438 g/mol. The van der Waals surface area contributed by atoms with Gasteiger partial charge in [0.25, 0.3) is 0 Å². The Labute approximate surface area is 196 Å². The van der Waals surface area contributed by atoms with E-state index in [-0.39, 0.29) is 11.6 Å². The van der Waals surface area contributed by atoms with Crippen LogP contribution in [0.5, 0.6) is 0 Å². The van der Waals surface area contributed by atoms with Gasteiger partial charge in [0.2, 0.25) is 5.91 Å². The molecule has 1 N–H and O–H groups in total. The van der Waals surface area contributed by atoms with Gasteiger partial charge in [-0.05, 0) is 35.9 Å². The molecule has 2 aromatic carbocycles. The summed E-state index contributed by atoms with van der Waals surface area (Å²) < 4.78 is 1.56. The van der Waals surface area contributed by atoms with E-state index in [0.29, 0.717) is 35.6 Å². The summed E-state index contributed by atoms with van der Waals surface area (Å²) >= 11 is 6.23. The number of piperazine rings is 1. The Morgan fingerprint density at radius 3 is 2.45 bits per heavy atom. The lowest BCUT2D eigenvalue weighted by atomic mass is 10.0. The fraction of sp³-hybridized carbons (Fsp3) is 0.240. The number of H-pyrrole nitrogens is 1. The van der Waals surface area contributed by atoms with E-state index in [1.54, 1.807) is 35.2 Å². The minimum atomic E-state index is -0.667. The van der Waals surface area contributed by atoms with Crippen molar-refractivity contribution in [2.45, 2.75) is 12.5 Å². The van der Waals surface area contributed by atoms with Crippen LogP contribution >= 0.6 is 11.6 Å². The maximum absolute atomic E-state index is 13.8. The zero-order chi connectivity index (χ0) is 22.8. The van der Waals surface area contributed by atoms with Gasteiger partial charge in [-0.15, -0.1) is 0 Å². The van der Waals surface area contributed by atoms with E-state index in [9.17, 15) is 9.59 Å². The Morgan fingerprint density at radius 2 is 1.73 bits per heavy atom. The third-order valence-electron chi connectivity index (χ3n) is 6.17. The van der Waals surface area contributed by atoms with E-state index >= 15 is 0 Å². The van der Waals surface area contributed by atoms with Gasteiger partial charge >= 0.3 is 5.69 Å². The maximum Gasteiger partial charge on any atom is 0.327 e. The Morgan fingerprint density at radius 1 is 1.00 bits per heavy atom. The molecule has 1 fully saturated rings. The van der Waals surface area contributed by atoms with Crippen LogP contribution < -0.4 is 10.6 Å². The minimum absolute atomic E-state index is 0.0591. The number of pyridine rings is 1. The van der Waals surface area contributed by atoms with Crippen LogP contribution in [0.4, 0.5) is 5.69 Å². The molecule has 0 saturated carbocycles. The lowest BCUT2D eigenvalue weighted by molar-refractivity contribution is -0.135. The van der Waals surface area contributed by atoms with Crippen LogP contribution in [0.15, 0.2) is 77.9 Å². The fourth-order valence-electron chi connectivity index (χ4n) is 4.48. The van der Waals surface area contributed by atoms with E-state index in [1.807, 2.05) is 47.4 Å². The predicted octanol–water partition coefficient (Wildman–Crippen LogP) is 3.51. The monoisotopic (exact) mass is 461 g/mol. The second-order valence-corrected chi connectivity index (χ2v) is 8.62. The number of hydrogen-bond donors (Lipinski definition) is 1. The molecule has 1 amide bonds. The average molecular weight is 462 g/mol. The average Bonchev–Trinajstić information content (AvgIpc) is 3.18. The van der Waals surface area contributed by atoms with Gasteiger partial charge in [-0.1, -0.05) is 41.9 Å². The van der Waals surface area contributed by atoms with E-state index in [0.717, 1.165) is 24.3 Å². The van der Waals surface area contributed by atoms with Crippen molar-refractivity contribution in [1.29, 1.82) is 0 Å². The zero-order valence-electron chi connectivity index (χ0n) is 18.0. The molecule has 168 valence electrons. The molecule has 1 aliphatic heterocycles. The summed E-state index contributed by atoms with van der Waals surface area (Å²) in [5.74, 6) is -0.0591. The topological polar surface area (TPSA) is 74.2 Å². The molecular formula is C25H24ClN5O2. The number of benzene rings is 2. The number of nitrogens with zero attached hydrogens (tertiary/aromatic N) is 4. The molecule has 1 atom stereocenters. The fourth-order valence-corrected chi connectivity index (χ4v) is 4.65. The van der Waals surface area contributed by atoms with Gasteiger partial charge < -0.3 is 14.8 Å². The largest absolute Gasteiger partial charge is 0.368 e. The van der Waals surface area contributed by atoms with Gasteiger partial charge in [-0.25, -0.2) is 4.79 Å². The first-order valence-corrected chi connectivity index (χ1v) is 11.4. The van der Waals surface area contributed by atoms with Crippen molar-refractivity contribution < 1.29 is 4.79 Å². The van der Waals surface area contributed by atoms with Gasteiger partial charge in [0.05, 0.1) is 11.0 Å². The molecule has 3 heterocycles. The minimum Gasteiger partial charge on any atom is -0.368 e. The van der Waals surface area contributed by atoms with E-state index < -0.39 is 6.04 Å². The van der Waals surface area contributed by atoms with E-state index in [4.69, 9.17) is 11.6 Å². The van der Waals surface area contributed by atoms with Crippen LogP contribution in [-0.4, -0.2) is 51.5 Å². The number of carbonyl (C=O) groups excluding carboxylic acids is 1. The number of halogens is 1. The van der Waals surface area contributed by atoms with Crippen molar-refractivity contribution in [3.05, 3.63) is 94.1 Å². The first-order chi connectivity index (χ1) is 16.1. The number of aromatic nitrogens is 3. The SMILES string of the molecule is O=C(C(Cc1ccccc1)n1c(=O)[nH]c2ccc(Cl)cc21)N1CCN(c2ccncc2)CC1. The summed E-state index contributed by atoms with van der Waals surface area (Å²) in [4.78, 5) is 37.9. The highest BCUT2D eigenvalue weighted by Crippen LogP contribution is 2.25. The summed E-state index contributed by atoms with van der Waals surface area (Å²) in [5, 5.41) is 0.520. The van der Waals surface area contributed by atoms with Crippen molar-refractivity contribution in [3.63, 3.8) is 0 Å². The summed E-state index contributed by atoms with van der Waals surface area (Å²) in [5.41, 5.74) is 3.09. The molecule has 0 radical (unpaired) electrons. The highest BCUT2D eigenvalue weighted by Gasteiger charge is 2.31. The third-order valence-corrected chi connectivity index (χ3v) is 6.40. The smallest absolute Gasteiger partial charge is 0.327 e. The second kappa shape index (κ2) is 9.11. The molecule has 8 heteroatoms. The first kappa shape index (κ1) is 21.3. The number of imidazole rings is 1. The number of rotatable bonds is 5. The molecule has 7 nitrogen and oxygen atoms in total. The van der Waals surface area contributed by atoms with Crippen LogP contribution in [0.25, 0.3) is 11.0 Å². The molecule has 1 saturated heterocycles. The summed E-state index contributed by atoms with van der Waals surface area (Å²) in [7, 11) is 0.